The minimum atomic E-state index is 1.11. The van der Waals surface area contributed by atoms with E-state index in [2.05, 4.69) is 276 Å². The quantitative estimate of drug-likeness (QED) is 0.134. The van der Waals surface area contributed by atoms with Crippen LogP contribution in [0.25, 0.3) is 82.1 Å². The Labute approximate surface area is 396 Å². The Morgan fingerprint density at radius 2 is 0.765 bits per heavy atom. The normalized spacial score (nSPS) is 11.6. The molecular weight excluding hydrogens is 823 g/mol. The zero-order chi connectivity index (χ0) is 45.1. The summed E-state index contributed by atoms with van der Waals surface area (Å²) >= 11 is 0. The number of rotatable bonds is 9. The molecule has 0 aliphatic carbocycles. The van der Waals surface area contributed by atoms with E-state index >= 15 is 0 Å². The molecule has 0 N–H and O–H groups in total. The molecule has 13 rings (SSSR count). The highest BCUT2D eigenvalue weighted by atomic mass is 15.1. The lowest BCUT2D eigenvalue weighted by molar-refractivity contribution is 1.18. The van der Waals surface area contributed by atoms with E-state index in [0.717, 1.165) is 39.8 Å². The van der Waals surface area contributed by atoms with Crippen LogP contribution >= 0.6 is 0 Å². The molecule has 0 atom stereocenters. The van der Waals surface area contributed by atoms with Gasteiger partial charge in [0.15, 0.2) is 0 Å². The topological polar surface area (TPSA) is 11.4 Å². The van der Waals surface area contributed by atoms with Crippen LogP contribution in [-0.2, 0) is 0 Å². The van der Waals surface area contributed by atoms with Crippen LogP contribution in [0.4, 0.5) is 34.1 Å². The molecule has 0 fully saturated rings. The molecule has 13 aromatic rings. The van der Waals surface area contributed by atoms with Crippen molar-refractivity contribution in [1.82, 2.24) is 4.57 Å². The van der Waals surface area contributed by atoms with E-state index in [0.29, 0.717) is 0 Å². The number of hydrogen-bond donors (Lipinski definition) is 0. The van der Waals surface area contributed by atoms with Crippen molar-refractivity contribution in [1.29, 1.82) is 0 Å². The summed E-state index contributed by atoms with van der Waals surface area (Å²) in [4.78, 5) is 4.70. The van der Waals surface area contributed by atoms with E-state index in [4.69, 9.17) is 0 Å². The van der Waals surface area contributed by atoms with E-state index in [1.54, 1.807) is 0 Å². The standard InChI is InChI=1S/C65H45N3/c1-44-24-33-57(34-25-44)66(54-16-5-2-6-17-54)59-37-32-47-38-48(26-27-49(47)41-59)53-40-51-29-28-50-39-52(42-62-64(50)65(51)63(43-53)68(62)56-20-9-4-10-21-56)45-30-35-58(36-31-45)67(55-18-7-3-8-19-55)61-23-13-15-46-14-11-12-22-60(46)61/h2-43H,1H3. The Hall–Kier alpha value is -8.92. The SMILES string of the molecule is Cc1ccc(N(c2ccccc2)c2ccc3cc(-c4cc5ccc6cc(-c7ccc(N(c8ccccc8)c8cccc9ccccc89)cc7)cc7c6c5c(c4)n7-c4ccccc4)ccc3c2)cc1. The lowest BCUT2D eigenvalue weighted by Crippen LogP contribution is -2.10. The third-order valence-electron chi connectivity index (χ3n) is 13.7. The first kappa shape index (κ1) is 39.4. The van der Waals surface area contributed by atoms with Gasteiger partial charge in [-0.2, -0.15) is 0 Å². The summed E-state index contributed by atoms with van der Waals surface area (Å²) < 4.78 is 2.47. The molecule has 0 amide bonds. The van der Waals surface area contributed by atoms with Crippen molar-refractivity contribution in [3.8, 4) is 27.9 Å². The Morgan fingerprint density at radius 1 is 0.294 bits per heavy atom. The second-order valence-electron chi connectivity index (χ2n) is 17.9. The largest absolute Gasteiger partial charge is 0.310 e. The average Bonchev–Trinajstić information content (AvgIpc) is 3.74. The number of aryl methyl sites for hydroxylation is 1. The minimum Gasteiger partial charge on any atom is -0.310 e. The first-order valence-corrected chi connectivity index (χ1v) is 23.4. The fourth-order valence-electron chi connectivity index (χ4n) is 10.4. The van der Waals surface area contributed by atoms with Gasteiger partial charge in [0.05, 0.1) is 16.7 Å². The number of hydrogen-bond acceptors (Lipinski definition) is 2. The van der Waals surface area contributed by atoms with E-state index in [-0.39, 0.29) is 0 Å². The number of para-hydroxylation sites is 3. The van der Waals surface area contributed by atoms with Gasteiger partial charge in [-0.25, -0.2) is 0 Å². The fourth-order valence-corrected chi connectivity index (χ4v) is 10.4. The van der Waals surface area contributed by atoms with Crippen LogP contribution in [-0.4, -0.2) is 4.57 Å². The maximum Gasteiger partial charge on any atom is 0.0553 e. The molecule has 0 saturated carbocycles. The Morgan fingerprint density at radius 3 is 1.46 bits per heavy atom. The summed E-state index contributed by atoms with van der Waals surface area (Å²) in [5.41, 5.74) is 16.3. The molecule has 3 heteroatoms. The van der Waals surface area contributed by atoms with Crippen LogP contribution in [0, 0.1) is 6.92 Å². The Balaban J connectivity index is 0.913. The third kappa shape index (κ3) is 6.75. The van der Waals surface area contributed by atoms with Crippen molar-refractivity contribution in [2.24, 2.45) is 0 Å². The zero-order valence-corrected chi connectivity index (χ0v) is 37.6. The smallest absolute Gasteiger partial charge is 0.0553 e. The lowest BCUT2D eigenvalue weighted by atomic mass is 9.94. The van der Waals surface area contributed by atoms with E-state index in [9.17, 15) is 0 Å². The van der Waals surface area contributed by atoms with Crippen LogP contribution in [0.5, 0.6) is 0 Å². The molecule has 0 aliphatic heterocycles. The van der Waals surface area contributed by atoms with Gasteiger partial charge in [-0.1, -0.05) is 151 Å². The Bertz CT molecular complexity index is 3940. The van der Waals surface area contributed by atoms with Crippen molar-refractivity contribution in [2.45, 2.75) is 6.92 Å². The summed E-state index contributed by atoms with van der Waals surface area (Å²) in [5, 5.41) is 9.91. The molecular formula is C65H45N3. The molecule has 0 spiro atoms. The highest BCUT2D eigenvalue weighted by Gasteiger charge is 2.21. The average molecular weight is 868 g/mol. The third-order valence-corrected chi connectivity index (χ3v) is 13.7. The van der Waals surface area contributed by atoms with E-state index in [1.807, 2.05) is 0 Å². The van der Waals surface area contributed by atoms with Crippen molar-refractivity contribution in [3.05, 3.63) is 260 Å². The summed E-state index contributed by atoms with van der Waals surface area (Å²) in [7, 11) is 0. The van der Waals surface area contributed by atoms with Gasteiger partial charge in [-0.05, 0) is 165 Å². The summed E-state index contributed by atoms with van der Waals surface area (Å²) in [6, 6.07) is 93.1. The first-order chi connectivity index (χ1) is 33.6. The number of nitrogens with zero attached hydrogens (tertiary/aromatic N) is 3. The molecule has 1 heterocycles. The number of aromatic nitrogens is 1. The summed E-state index contributed by atoms with van der Waals surface area (Å²) in [5.74, 6) is 0. The highest BCUT2D eigenvalue weighted by molar-refractivity contribution is 6.26. The van der Waals surface area contributed by atoms with Gasteiger partial charge in [-0.3, -0.25) is 0 Å². The molecule has 3 nitrogen and oxygen atoms in total. The van der Waals surface area contributed by atoms with Crippen LogP contribution < -0.4 is 9.80 Å². The van der Waals surface area contributed by atoms with Crippen molar-refractivity contribution < 1.29 is 0 Å². The number of anilines is 6. The van der Waals surface area contributed by atoms with E-state index < -0.39 is 0 Å². The number of fused-ring (bicyclic) bond motifs is 2. The van der Waals surface area contributed by atoms with Crippen LogP contribution in [0.15, 0.2) is 255 Å². The van der Waals surface area contributed by atoms with Crippen molar-refractivity contribution >= 4 is 88.2 Å². The molecule has 0 unspecified atom stereocenters. The van der Waals surface area contributed by atoms with Gasteiger partial charge in [-0.15, -0.1) is 0 Å². The molecule has 68 heavy (non-hydrogen) atoms. The van der Waals surface area contributed by atoms with Gasteiger partial charge in [0.2, 0.25) is 0 Å². The molecule has 320 valence electrons. The molecule has 12 aromatic carbocycles. The monoisotopic (exact) mass is 867 g/mol. The molecule has 0 bridgehead atoms. The van der Waals surface area contributed by atoms with Gasteiger partial charge in [0.1, 0.15) is 0 Å². The Kier molecular flexibility index (Phi) is 9.40. The fraction of sp³-hybridized carbons (Fsp3) is 0.0154. The molecule has 1 aromatic heterocycles. The molecule has 0 aliphatic rings. The highest BCUT2D eigenvalue weighted by Crippen LogP contribution is 2.45. The van der Waals surface area contributed by atoms with Crippen LogP contribution in [0.2, 0.25) is 0 Å². The van der Waals surface area contributed by atoms with Crippen LogP contribution in [0.1, 0.15) is 5.56 Å². The predicted molar refractivity (Wildman–Crippen MR) is 289 cm³/mol. The zero-order valence-electron chi connectivity index (χ0n) is 37.6. The maximum atomic E-state index is 2.47. The maximum absolute atomic E-state index is 2.47. The second kappa shape index (κ2) is 16.2. The summed E-state index contributed by atoms with van der Waals surface area (Å²) in [6.07, 6.45) is 0. The minimum absolute atomic E-state index is 1.11. The van der Waals surface area contributed by atoms with Crippen LogP contribution in [0.3, 0.4) is 0 Å². The van der Waals surface area contributed by atoms with Gasteiger partial charge in [0, 0.05) is 50.3 Å². The second-order valence-corrected chi connectivity index (χ2v) is 17.9. The van der Waals surface area contributed by atoms with Gasteiger partial charge >= 0.3 is 0 Å². The molecule has 0 radical (unpaired) electrons. The van der Waals surface area contributed by atoms with E-state index in [1.165, 1.54) is 81.9 Å². The molecule has 0 saturated heterocycles. The van der Waals surface area contributed by atoms with Gasteiger partial charge in [0.25, 0.3) is 0 Å². The summed E-state index contributed by atoms with van der Waals surface area (Å²) in [6.45, 7) is 2.14. The number of benzene rings is 12. The first-order valence-electron chi connectivity index (χ1n) is 23.4. The van der Waals surface area contributed by atoms with Gasteiger partial charge < -0.3 is 14.4 Å². The predicted octanol–water partition coefficient (Wildman–Crippen LogP) is 18.3. The van der Waals surface area contributed by atoms with Crippen molar-refractivity contribution in [3.63, 3.8) is 0 Å². The van der Waals surface area contributed by atoms with Crippen molar-refractivity contribution in [2.75, 3.05) is 9.80 Å². The lowest BCUT2D eigenvalue weighted by Gasteiger charge is -2.27.